The van der Waals surface area contributed by atoms with Crippen LogP contribution in [0.3, 0.4) is 0 Å². The monoisotopic (exact) mass is 170 g/mol. The topological polar surface area (TPSA) is 17.1 Å². The second kappa shape index (κ2) is 5.30. The first-order valence-electron chi connectivity index (χ1n) is 2.62. The Balaban J connectivity index is 0. The molecule has 0 spiro atoms. The summed E-state index contributed by atoms with van der Waals surface area (Å²) in [6, 6.07) is 0. The van der Waals surface area contributed by atoms with E-state index in [9.17, 15) is 4.21 Å². The summed E-state index contributed by atoms with van der Waals surface area (Å²) in [7, 11) is -0.778. The van der Waals surface area contributed by atoms with Crippen LogP contribution in [0.25, 0.3) is 0 Å². The molecule has 0 aliphatic rings. The largest absolute Gasteiger partial charge is 0.107 e. The van der Waals surface area contributed by atoms with Crippen molar-refractivity contribution >= 4 is 20.8 Å². The zero-order chi connectivity index (χ0) is 8.08. The summed E-state index contributed by atoms with van der Waals surface area (Å²) in [5.41, 5.74) is 0. The van der Waals surface area contributed by atoms with Crippen LogP contribution >= 0.6 is 0 Å². The molecule has 0 rings (SSSR count). The maximum atomic E-state index is 10.2. The van der Waals surface area contributed by atoms with E-state index in [2.05, 4.69) is 18.8 Å². The molecule has 0 saturated carbocycles. The number of hydrogen-bond donors (Lipinski definition) is 0. The highest BCUT2D eigenvalue weighted by Gasteiger charge is 1.95. The molecule has 0 unspecified atom stereocenters. The lowest BCUT2D eigenvalue weighted by atomic mass is 11.9. The molecule has 0 fully saturated rings. The number of rotatable bonds is 0. The standard InChI is InChI=1S/C3H9OS.C3H9S/c1-5(2,3)4;1-4(2)3/h1-3H3;1-3H3/q2*+1. The molecule has 9 heavy (non-hydrogen) atoms. The van der Waals surface area contributed by atoms with Crippen molar-refractivity contribution in [1.29, 1.82) is 0 Å². The zero-order valence-electron chi connectivity index (χ0n) is 7.22. The highest BCUT2D eigenvalue weighted by Crippen LogP contribution is 1.78. The van der Waals surface area contributed by atoms with Crippen LogP contribution in [0.1, 0.15) is 0 Å². The first kappa shape index (κ1) is 12.2. The molecule has 0 radical (unpaired) electrons. The molecule has 3 heteroatoms. The van der Waals surface area contributed by atoms with Gasteiger partial charge in [-0.2, -0.15) is 0 Å². The second-order valence-electron chi connectivity index (χ2n) is 2.95. The summed E-state index contributed by atoms with van der Waals surface area (Å²) in [6.45, 7) is 0. The van der Waals surface area contributed by atoms with Crippen LogP contribution in [0.4, 0.5) is 0 Å². The van der Waals surface area contributed by atoms with E-state index in [1.54, 1.807) is 18.8 Å². The van der Waals surface area contributed by atoms with Crippen LogP contribution in [-0.2, 0) is 25.0 Å². The van der Waals surface area contributed by atoms with Crippen molar-refractivity contribution in [3.63, 3.8) is 0 Å². The molecule has 0 bridgehead atoms. The SMILES string of the molecule is C[S+](C)(C)=O.C[S+](C)C. The van der Waals surface area contributed by atoms with Crippen LogP contribution < -0.4 is 0 Å². The normalized spacial score (nSPS) is 10.6. The van der Waals surface area contributed by atoms with Gasteiger partial charge in [-0.05, 0) is 10.9 Å². The van der Waals surface area contributed by atoms with Gasteiger partial charge in [0.15, 0.2) is 0 Å². The molecule has 58 valence electrons. The van der Waals surface area contributed by atoms with Crippen LogP contribution in [0.15, 0.2) is 0 Å². The Morgan fingerprint density at radius 2 is 1.00 bits per heavy atom. The van der Waals surface area contributed by atoms with Crippen molar-refractivity contribution in [2.75, 3.05) is 37.5 Å². The molecule has 0 saturated heterocycles. The van der Waals surface area contributed by atoms with E-state index in [-0.39, 0.29) is 0 Å². The van der Waals surface area contributed by atoms with Gasteiger partial charge in [0, 0.05) is 0 Å². The Bertz CT molecular complexity index is 82.2. The van der Waals surface area contributed by atoms with E-state index >= 15 is 0 Å². The lowest BCUT2D eigenvalue weighted by molar-refractivity contribution is 0.594. The van der Waals surface area contributed by atoms with E-state index in [0.29, 0.717) is 10.9 Å². The molecule has 0 amide bonds. The lowest BCUT2D eigenvalue weighted by Gasteiger charge is -1.80. The predicted octanol–water partition coefficient (Wildman–Crippen LogP) is 0.869. The van der Waals surface area contributed by atoms with Gasteiger partial charge in [-0.25, -0.2) is 0 Å². The summed E-state index contributed by atoms with van der Waals surface area (Å²) in [6.07, 6.45) is 11.7. The third-order valence-electron chi connectivity index (χ3n) is 0. The van der Waals surface area contributed by atoms with Crippen molar-refractivity contribution in [2.45, 2.75) is 0 Å². The molecule has 0 aromatic carbocycles. The minimum atomic E-state index is -1.42. The van der Waals surface area contributed by atoms with Crippen LogP contribution in [0.5, 0.6) is 0 Å². The van der Waals surface area contributed by atoms with Crippen molar-refractivity contribution in [3.05, 3.63) is 0 Å². The van der Waals surface area contributed by atoms with Crippen molar-refractivity contribution in [1.82, 2.24) is 0 Å². The van der Waals surface area contributed by atoms with E-state index in [4.69, 9.17) is 0 Å². The van der Waals surface area contributed by atoms with Gasteiger partial charge >= 0.3 is 0 Å². The zero-order valence-corrected chi connectivity index (χ0v) is 8.86. The Labute approximate surface area is 63.0 Å². The second-order valence-corrected chi connectivity index (χ2v) is 8.85. The molecule has 0 aromatic heterocycles. The van der Waals surface area contributed by atoms with Crippen molar-refractivity contribution < 1.29 is 4.21 Å². The van der Waals surface area contributed by atoms with E-state index in [1.807, 2.05) is 0 Å². The first-order chi connectivity index (χ1) is 3.73. The first-order valence-corrected chi connectivity index (χ1v) is 7.85. The van der Waals surface area contributed by atoms with Crippen LogP contribution in [0.2, 0.25) is 0 Å². The Hall–Kier alpha value is 0.500. The van der Waals surface area contributed by atoms with Gasteiger partial charge in [0.1, 0.15) is 18.8 Å². The third kappa shape index (κ3) is 1440. The molecule has 0 aliphatic carbocycles. The van der Waals surface area contributed by atoms with Gasteiger partial charge < -0.3 is 0 Å². The fourth-order valence-electron chi connectivity index (χ4n) is 0. The smallest absolute Gasteiger partial charge is 0.101 e. The van der Waals surface area contributed by atoms with E-state index < -0.39 is 9.93 Å². The van der Waals surface area contributed by atoms with E-state index in [0.717, 1.165) is 0 Å². The lowest BCUT2D eigenvalue weighted by Crippen LogP contribution is -1.97. The molecule has 0 N–H and O–H groups in total. The minimum absolute atomic E-state index is 0.639. The third-order valence-corrected chi connectivity index (χ3v) is 0. The highest BCUT2D eigenvalue weighted by molar-refractivity contribution is 8.00. The molecule has 0 heterocycles. The van der Waals surface area contributed by atoms with Crippen LogP contribution in [0, 0.1) is 0 Å². The Kier molecular flexibility index (Phi) is 7.18. The fraction of sp³-hybridized carbons (Fsp3) is 1.00. The fourth-order valence-corrected chi connectivity index (χ4v) is 0. The van der Waals surface area contributed by atoms with Gasteiger partial charge in [-0.15, -0.1) is 4.21 Å². The summed E-state index contributed by atoms with van der Waals surface area (Å²) in [5, 5.41) is 0. The maximum Gasteiger partial charge on any atom is 0.101 e. The highest BCUT2D eigenvalue weighted by atomic mass is 32.2. The summed E-state index contributed by atoms with van der Waals surface area (Å²) < 4.78 is 10.2. The van der Waals surface area contributed by atoms with Gasteiger partial charge in [-0.3, -0.25) is 0 Å². The van der Waals surface area contributed by atoms with Gasteiger partial charge in [0.2, 0.25) is 0 Å². The Morgan fingerprint density at radius 1 is 1.00 bits per heavy atom. The number of hydrogen-bond acceptors (Lipinski definition) is 1. The Morgan fingerprint density at radius 3 is 1.00 bits per heavy atom. The average molecular weight is 170 g/mol. The molecule has 0 aliphatic heterocycles. The van der Waals surface area contributed by atoms with Gasteiger partial charge in [0.05, 0.1) is 28.7 Å². The summed E-state index contributed by atoms with van der Waals surface area (Å²) in [5.74, 6) is 0. The van der Waals surface area contributed by atoms with Crippen molar-refractivity contribution in [2.24, 2.45) is 0 Å². The predicted molar refractivity (Wildman–Crippen MR) is 51.0 cm³/mol. The minimum Gasteiger partial charge on any atom is -0.107 e. The quantitative estimate of drug-likeness (QED) is 0.493. The van der Waals surface area contributed by atoms with E-state index in [1.165, 1.54) is 0 Å². The maximum absolute atomic E-state index is 10.2. The summed E-state index contributed by atoms with van der Waals surface area (Å²) in [4.78, 5) is 0. The summed E-state index contributed by atoms with van der Waals surface area (Å²) >= 11 is 0. The van der Waals surface area contributed by atoms with Gasteiger partial charge in [-0.1, -0.05) is 0 Å². The molecule has 0 atom stereocenters. The van der Waals surface area contributed by atoms with Gasteiger partial charge in [0.25, 0.3) is 0 Å². The molecular weight excluding hydrogens is 152 g/mol. The average Bonchev–Trinajstić information content (AvgIpc) is 1.19. The molecule has 0 aromatic rings. The van der Waals surface area contributed by atoms with Crippen molar-refractivity contribution in [3.8, 4) is 0 Å². The molecule has 1 nitrogen and oxygen atoms in total. The molecular formula is C6H18OS2+2. The van der Waals surface area contributed by atoms with Crippen LogP contribution in [-0.4, -0.2) is 37.5 Å².